The number of aliphatic hydroxyl groups is 2. The Morgan fingerprint density at radius 2 is 1.37 bits per heavy atom. The summed E-state index contributed by atoms with van der Waals surface area (Å²) in [5.74, 6) is 1.25. The summed E-state index contributed by atoms with van der Waals surface area (Å²) in [6.07, 6.45) is 6.50. The van der Waals surface area contributed by atoms with Gasteiger partial charge in [0, 0.05) is 17.6 Å². The number of rotatable bonds is 8. The maximum absolute atomic E-state index is 9.58. The Bertz CT molecular complexity index is 638. The van der Waals surface area contributed by atoms with E-state index in [1.54, 1.807) is 0 Å². The first kappa shape index (κ1) is 20.5. The molecule has 0 aliphatic heterocycles. The van der Waals surface area contributed by atoms with Gasteiger partial charge in [-0.25, -0.2) is 0 Å². The fourth-order valence-electron chi connectivity index (χ4n) is 3.41. The first-order valence-corrected chi connectivity index (χ1v) is 10.6. The minimum atomic E-state index is -0.666. The van der Waals surface area contributed by atoms with Crippen LogP contribution in [0.2, 0.25) is 0 Å². The van der Waals surface area contributed by atoms with Gasteiger partial charge in [0.1, 0.15) is 0 Å². The Labute approximate surface area is 164 Å². The molecule has 2 aromatic carbocycles. The Morgan fingerprint density at radius 1 is 0.852 bits per heavy atom. The Hall–Kier alpha value is -1.25. The standard InChI is InChI=1S/C23H27NO2P/c1-18(24(2)19(16-25)17-26)22-14-9-15-23(22)27(20-10-5-3-6-11-20)21-12-7-4-8-13-21/h3-15,18-19,25-26H,16-17H2,1-2H3/t18-/m0/s1. The van der Waals surface area contributed by atoms with Gasteiger partial charge in [-0.05, 0) is 51.8 Å². The number of aliphatic hydroxyl groups excluding tert-OH is 2. The van der Waals surface area contributed by atoms with E-state index in [0.29, 0.717) is 0 Å². The second-order valence-corrected chi connectivity index (χ2v) is 8.92. The summed E-state index contributed by atoms with van der Waals surface area (Å²) in [5.41, 5.74) is 1.33. The summed E-state index contributed by atoms with van der Waals surface area (Å²) in [6, 6.07) is 21.1. The first-order valence-electron chi connectivity index (χ1n) is 9.26. The molecule has 5 radical (unpaired) electrons. The van der Waals surface area contributed by atoms with Gasteiger partial charge in [0.2, 0.25) is 0 Å². The molecular weight excluding hydrogens is 353 g/mol. The van der Waals surface area contributed by atoms with Gasteiger partial charge in [0.05, 0.1) is 19.3 Å². The van der Waals surface area contributed by atoms with E-state index in [-0.39, 0.29) is 25.3 Å². The second kappa shape index (κ2) is 9.80. The van der Waals surface area contributed by atoms with Gasteiger partial charge in [-0.2, -0.15) is 0 Å². The summed E-state index contributed by atoms with van der Waals surface area (Å²) >= 11 is 0. The van der Waals surface area contributed by atoms with Gasteiger partial charge in [-0.3, -0.25) is 4.90 Å². The average molecular weight is 380 g/mol. The van der Waals surface area contributed by atoms with Crippen LogP contribution in [0.3, 0.4) is 0 Å². The summed E-state index contributed by atoms with van der Waals surface area (Å²) in [7, 11) is 1.30. The molecule has 1 aliphatic carbocycles. The van der Waals surface area contributed by atoms with Crippen LogP contribution in [-0.4, -0.2) is 47.5 Å². The third-order valence-electron chi connectivity index (χ3n) is 5.15. The van der Waals surface area contributed by atoms with Crippen LogP contribution in [0.1, 0.15) is 6.92 Å². The fourth-order valence-corrected chi connectivity index (χ4v) is 5.96. The zero-order valence-electron chi connectivity index (χ0n) is 15.9. The molecule has 141 valence electrons. The molecule has 27 heavy (non-hydrogen) atoms. The number of nitrogens with zero attached hydrogens (tertiary/aromatic N) is 1. The summed E-state index contributed by atoms with van der Waals surface area (Å²) < 4.78 is 0. The van der Waals surface area contributed by atoms with E-state index in [2.05, 4.69) is 91.7 Å². The van der Waals surface area contributed by atoms with E-state index in [1.807, 2.05) is 7.05 Å². The molecule has 0 amide bonds. The molecule has 1 atom stereocenters. The molecule has 0 heterocycles. The van der Waals surface area contributed by atoms with Gasteiger partial charge in [0.15, 0.2) is 0 Å². The number of hydrogen-bond acceptors (Lipinski definition) is 3. The van der Waals surface area contributed by atoms with Crippen LogP contribution in [0.15, 0.2) is 60.7 Å². The lowest BCUT2D eigenvalue weighted by molar-refractivity contribution is 0.0736. The maximum atomic E-state index is 9.58. The highest BCUT2D eigenvalue weighted by atomic mass is 31.1. The summed E-state index contributed by atoms with van der Waals surface area (Å²) in [5, 5.41) is 21.8. The van der Waals surface area contributed by atoms with Crippen molar-refractivity contribution in [1.29, 1.82) is 0 Å². The molecule has 3 nitrogen and oxygen atoms in total. The molecule has 1 fully saturated rings. The minimum Gasteiger partial charge on any atom is -0.395 e. The largest absolute Gasteiger partial charge is 0.395 e. The first-order chi connectivity index (χ1) is 13.2. The molecule has 0 spiro atoms. The lowest BCUT2D eigenvalue weighted by Gasteiger charge is -2.38. The third kappa shape index (κ3) is 4.60. The minimum absolute atomic E-state index is 0.0560. The van der Waals surface area contributed by atoms with E-state index >= 15 is 0 Å². The predicted octanol–water partition coefficient (Wildman–Crippen LogP) is 2.53. The highest BCUT2D eigenvalue weighted by Crippen LogP contribution is 2.57. The quantitative estimate of drug-likeness (QED) is 0.692. The topological polar surface area (TPSA) is 43.7 Å². The number of benzene rings is 2. The molecule has 2 N–H and O–H groups in total. The highest BCUT2D eigenvalue weighted by Gasteiger charge is 2.41. The fraction of sp³-hybridized carbons (Fsp3) is 0.261. The van der Waals surface area contributed by atoms with Gasteiger partial charge in [-0.1, -0.05) is 60.7 Å². The van der Waals surface area contributed by atoms with Gasteiger partial charge in [-0.15, -0.1) is 0 Å². The van der Waals surface area contributed by atoms with E-state index < -0.39 is 7.92 Å². The molecule has 2 aromatic rings. The summed E-state index contributed by atoms with van der Waals surface area (Å²) in [4.78, 5) is 2.06. The van der Waals surface area contributed by atoms with E-state index in [9.17, 15) is 10.2 Å². The maximum Gasteiger partial charge on any atom is 0.0609 e. The van der Waals surface area contributed by atoms with E-state index in [1.165, 1.54) is 22.2 Å². The number of hydrogen-bond donors (Lipinski definition) is 2. The van der Waals surface area contributed by atoms with Gasteiger partial charge >= 0.3 is 0 Å². The Kier molecular flexibility index (Phi) is 7.43. The third-order valence-corrected chi connectivity index (χ3v) is 7.67. The SMILES string of the molecule is C[C@@H]([C]1[CH][CH][CH][C]1P(c1ccccc1)c1ccccc1)N(C)C(CO)CO. The van der Waals surface area contributed by atoms with Crippen molar-refractivity contribution < 1.29 is 10.2 Å². The normalized spacial score (nSPS) is 17.3. The lowest BCUT2D eigenvalue weighted by atomic mass is 9.97. The molecule has 0 saturated heterocycles. The van der Waals surface area contributed by atoms with Gasteiger partial charge in [0.25, 0.3) is 0 Å². The molecular formula is C23H27NO2P. The van der Waals surface area contributed by atoms with Crippen molar-refractivity contribution in [2.45, 2.75) is 19.0 Å². The van der Waals surface area contributed by atoms with Crippen LogP contribution in [0, 0.1) is 30.8 Å². The van der Waals surface area contributed by atoms with Crippen molar-refractivity contribution >= 4 is 18.5 Å². The van der Waals surface area contributed by atoms with Crippen LogP contribution in [0.25, 0.3) is 0 Å². The molecule has 0 aromatic heterocycles. The highest BCUT2D eigenvalue weighted by molar-refractivity contribution is 7.76. The predicted molar refractivity (Wildman–Crippen MR) is 114 cm³/mol. The van der Waals surface area contributed by atoms with Crippen molar-refractivity contribution in [3.05, 3.63) is 91.5 Å². The molecule has 0 bridgehead atoms. The van der Waals surface area contributed by atoms with Crippen molar-refractivity contribution in [2.75, 3.05) is 20.3 Å². The van der Waals surface area contributed by atoms with Crippen molar-refractivity contribution in [3.8, 4) is 0 Å². The van der Waals surface area contributed by atoms with Crippen molar-refractivity contribution in [2.24, 2.45) is 0 Å². The Balaban J connectivity index is 1.92. The smallest absolute Gasteiger partial charge is 0.0609 e. The zero-order chi connectivity index (χ0) is 19.2. The molecule has 1 aliphatic rings. The van der Waals surface area contributed by atoms with Crippen LogP contribution in [0.4, 0.5) is 0 Å². The Morgan fingerprint density at radius 3 is 1.85 bits per heavy atom. The van der Waals surface area contributed by atoms with E-state index in [0.717, 1.165) is 0 Å². The zero-order valence-corrected chi connectivity index (χ0v) is 16.8. The number of likely N-dealkylation sites (N-methyl/N-ethyl adjacent to an activating group) is 1. The van der Waals surface area contributed by atoms with Crippen LogP contribution >= 0.6 is 7.92 Å². The molecule has 4 heteroatoms. The van der Waals surface area contributed by atoms with Crippen LogP contribution < -0.4 is 10.6 Å². The summed E-state index contributed by atoms with van der Waals surface area (Å²) in [6.45, 7) is 2.03. The molecule has 3 rings (SSSR count). The average Bonchev–Trinajstić information content (AvgIpc) is 3.19. The van der Waals surface area contributed by atoms with Crippen molar-refractivity contribution in [3.63, 3.8) is 0 Å². The second-order valence-electron chi connectivity index (χ2n) is 6.73. The van der Waals surface area contributed by atoms with Crippen LogP contribution in [-0.2, 0) is 0 Å². The lowest BCUT2D eigenvalue weighted by Crippen LogP contribution is -2.46. The van der Waals surface area contributed by atoms with Gasteiger partial charge < -0.3 is 10.2 Å². The molecule has 1 saturated carbocycles. The van der Waals surface area contributed by atoms with Crippen molar-refractivity contribution in [1.82, 2.24) is 4.90 Å². The monoisotopic (exact) mass is 380 g/mol. The molecule has 0 unspecified atom stereocenters. The van der Waals surface area contributed by atoms with E-state index in [4.69, 9.17) is 0 Å². The van der Waals surface area contributed by atoms with Crippen LogP contribution in [0.5, 0.6) is 0 Å².